The summed E-state index contributed by atoms with van der Waals surface area (Å²) in [5, 5.41) is 7.34. The van der Waals surface area contributed by atoms with Crippen LogP contribution in [0.4, 0.5) is 11.4 Å². The summed E-state index contributed by atoms with van der Waals surface area (Å²) in [7, 11) is 0. The average Bonchev–Trinajstić information content (AvgIpc) is 2.57. The van der Waals surface area contributed by atoms with Crippen molar-refractivity contribution in [1.82, 2.24) is 0 Å². The van der Waals surface area contributed by atoms with Crippen LogP contribution in [0.5, 0.6) is 5.75 Å². The van der Waals surface area contributed by atoms with Crippen LogP contribution < -0.4 is 15.4 Å². The maximum Gasteiger partial charge on any atom is 0.144 e. The highest BCUT2D eigenvalue weighted by atomic mass is 16.5. The highest BCUT2D eigenvalue weighted by Gasteiger charge is 2.28. The maximum atomic E-state index is 5.92. The molecule has 1 aromatic rings. The van der Waals surface area contributed by atoms with E-state index in [0.29, 0.717) is 6.04 Å². The normalized spacial score (nSPS) is 25.6. The monoisotopic (exact) mass is 260 g/mol. The number of rotatable bonds is 2. The molecule has 3 heteroatoms. The lowest BCUT2D eigenvalue weighted by Crippen LogP contribution is -2.34. The van der Waals surface area contributed by atoms with E-state index in [0.717, 1.165) is 23.9 Å². The number of anilines is 2. The van der Waals surface area contributed by atoms with Crippen molar-refractivity contribution in [3.05, 3.63) is 18.2 Å². The second-order valence-corrected chi connectivity index (χ2v) is 6.02. The molecule has 3 nitrogen and oxygen atoms in total. The van der Waals surface area contributed by atoms with Crippen molar-refractivity contribution < 1.29 is 4.74 Å². The number of nitrogens with one attached hydrogen (secondary N) is 2. The third-order valence-corrected chi connectivity index (χ3v) is 4.18. The fraction of sp³-hybridized carbons (Fsp3) is 0.625. The first-order chi connectivity index (χ1) is 9.24. The van der Waals surface area contributed by atoms with Crippen molar-refractivity contribution in [2.75, 3.05) is 17.2 Å². The molecule has 1 aromatic carbocycles. The van der Waals surface area contributed by atoms with E-state index in [2.05, 4.69) is 42.7 Å². The van der Waals surface area contributed by atoms with Gasteiger partial charge in [0.05, 0.1) is 11.8 Å². The van der Waals surface area contributed by atoms with Gasteiger partial charge in [0.15, 0.2) is 0 Å². The molecule has 1 aliphatic heterocycles. The molecule has 0 spiro atoms. The van der Waals surface area contributed by atoms with E-state index in [1.54, 1.807) is 0 Å². The molecule has 19 heavy (non-hydrogen) atoms. The van der Waals surface area contributed by atoms with Crippen LogP contribution >= 0.6 is 0 Å². The third kappa shape index (κ3) is 2.65. The number of fused-ring (bicyclic) bond motifs is 2. The molecule has 0 bridgehead atoms. The van der Waals surface area contributed by atoms with Crippen LogP contribution in [0.15, 0.2) is 18.2 Å². The minimum Gasteiger partial charge on any atom is -0.489 e. The van der Waals surface area contributed by atoms with Gasteiger partial charge in [0.25, 0.3) is 0 Å². The molecule has 0 saturated heterocycles. The number of hydrogen-bond acceptors (Lipinski definition) is 3. The van der Waals surface area contributed by atoms with Crippen LogP contribution in [0, 0.1) is 5.92 Å². The first-order valence-electron chi connectivity index (χ1n) is 7.54. The summed E-state index contributed by atoms with van der Waals surface area (Å²) in [6.07, 6.45) is 5.56. The molecule has 2 aliphatic rings. The van der Waals surface area contributed by atoms with Gasteiger partial charge in [0.1, 0.15) is 11.4 Å². The summed E-state index contributed by atoms with van der Waals surface area (Å²) < 4.78 is 5.92. The lowest BCUT2D eigenvalue weighted by atomic mass is 9.84. The highest BCUT2D eigenvalue weighted by Crippen LogP contribution is 2.39. The SMILES string of the molecule is CC(C)Oc1cccc2c1NCC1CCCCC1N2. The van der Waals surface area contributed by atoms with Crippen molar-refractivity contribution in [1.29, 1.82) is 0 Å². The Balaban J connectivity index is 1.88. The summed E-state index contributed by atoms with van der Waals surface area (Å²) >= 11 is 0. The smallest absolute Gasteiger partial charge is 0.144 e. The number of para-hydroxylation sites is 1. The van der Waals surface area contributed by atoms with Gasteiger partial charge in [-0.05, 0) is 44.7 Å². The molecule has 1 heterocycles. The molecule has 2 N–H and O–H groups in total. The zero-order chi connectivity index (χ0) is 13.2. The molecule has 0 aromatic heterocycles. The summed E-state index contributed by atoms with van der Waals surface area (Å²) in [5.41, 5.74) is 2.35. The summed E-state index contributed by atoms with van der Waals surface area (Å²) in [4.78, 5) is 0. The molecule has 0 amide bonds. The molecule has 2 atom stereocenters. The fourth-order valence-corrected chi connectivity index (χ4v) is 3.26. The summed E-state index contributed by atoms with van der Waals surface area (Å²) in [5.74, 6) is 1.71. The Morgan fingerprint density at radius 2 is 2.05 bits per heavy atom. The quantitative estimate of drug-likeness (QED) is 0.847. The Labute approximate surface area is 115 Å². The van der Waals surface area contributed by atoms with Crippen molar-refractivity contribution in [3.63, 3.8) is 0 Å². The van der Waals surface area contributed by atoms with Crippen LogP contribution in [0.1, 0.15) is 39.5 Å². The van der Waals surface area contributed by atoms with Gasteiger partial charge in [-0.1, -0.05) is 18.9 Å². The number of ether oxygens (including phenoxy) is 1. The van der Waals surface area contributed by atoms with Gasteiger partial charge in [-0.3, -0.25) is 0 Å². The maximum absolute atomic E-state index is 5.92. The Morgan fingerprint density at radius 1 is 1.21 bits per heavy atom. The van der Waals surface area contributed by atoms with Crippen molar-refractivity contribution >= 4 is 11.4 Å². The first-order valence-corrected chi connectivity index (χ1v) is 7.54. The van der Waals surface area contributed by atoms with Crippen molar-refractivity contribution in [2.45, 2.75) is 51.7 Å². The second kappa shape index (κ2) is 5.32. The van der Waals surface area contributed by atoms with E-state index in [4.69, 9.17) is 4.74 Å². The Morgan fingerprint density at radius 3 is 2.89 bits per heavy atom. The largest absolute Gasteiger partial charge is 0.489 e. The molecule has 104 valence electrons. The Kier molecular flexibility index (Phi) is 3.54. The van der Waals surface area contributed by atoms with Gasteiger partial charge in [-0.25, -0.2) is 0 Å². The third-order valence-electron chi connectivity index (χ3n) is 4.18. The average molecular weight is 260 g/mol. The molecule has 1 fully saturated rings. The van der Waals surface area contributed by atoms with Gasteiger partial charge in [0, 0.05) is 12.6 Å². The van der Waals surface area contributed by atoms with Crippen LogP contribution in [0.2, 0.25) is 0 Å². The van der Waals surface area contributed by atoms with E-state index in [1.165, 1.54) is 31.4 Å². The van der Waals surface area contributed by atoms with Gasteiger partial charge >= 0.3 is 0 Å². The zero-order valence-corrected chi connectivity index (χ0v) is 11.9. The highest BCUT2D eigenvalue weighted by molar-refractivity contribution is 5.76. The lowest BCUT2D eigenvalue weighted by Gasteiger charge is -2.30. The fourth-order valence-electron chi connectivity index (χ4n) is 3.26. The van der Waals surface area contributed by atoms with Crippen molar-refractivity contribution in [3.8, 4) is 5.75 Å². The Bertz CT molecular complexity index is 444. The minimum atomic E-state index is 0.207. The number of hydrogen-bond donors (Lipinski definition) is 2. The van der Waals surface area contributed by atoms with Crippen LogP contribution in [0.25, 0.3) is 0 Å². The van der Waals surface area contributed by atoms with Gasteiger partial charge in [-0.15, -0.1) is 0 Å². The van der Waals surface area contributed by atoms with Gasteiger partial charge < -0.3 is 15.4 Å². The molecule has 1 saturated carbocycles. The topological polar surface area (TPSA) is 33.3 Å². The van der Waals surface area contributed by atoms with Crippen LogP contribution in [-0.2, 0) is 0 Å². The lowest BCUT2D eigenvalue weighted by molar-refractivity contribution is 0.243. The Hall–Kier alpha value is -1.38. The van der Waals surface area contributed by atoms with E-state index in [1.807, 2.05) is 0 Å². The van der Waals surface area contributed by atoms with Gasteiger partial charge in [-0.2, -0.15) is 0 Å². The van der Waals surface area contributed by atoms with Crippen LogP contribution in [-0.4, -0.2) is 18.7 Å². The molecule has 0 radical (unpaired) electrons. The second-order valence-electron chi connectivity index (χ2n) is 6.02. The molecule has 2 unspecified atom stereocenters. The van der Waals surface area contributed by atoms with Gasteiger partial charge in [0.2, 0.25) is 0 Å². The standard InChI is InChI=1S/C16H24N2O/c1-11(2)19-15-9-5-8-14-16(15)17-10-12-6-3-4-7-13(12)18-14/h5,8-9,11-13,17-18H,3-4,6-7,10H2,1-2H3. The number of benzene rings is 1. The summed E-state index contributed by atoms with van der Waals surface area (Å²) in [6.45, 7) is 5.20. The van der Waals surface area contributed by atoms with Crippen molar-refractivity contribution in [2.24, 2.45) is 5.92 Å². The zero-order valence-electron chi connectivity index (χ0n) is 11.9. The molecular weight excluding hydrogens is 236 g/mol. The van der Waals surface area contributed by atoms with E-state index in [-0.39, 0.29) is 6.10 Å². The van der Waals surface area contributed by atoms with E-state index >= 15 is 0 Å². The molecule has 1 aliphatic carbocycles. The summed E-state index contributed by atoms with van der Waals surface area (Å²) in [6, 6.07) is 6.92. The molecular formula is C16H24N2O. The predicted octanol–water partition coefficient (Wildman–Crippen LogP) is 3.87. The minimum absolute atomic E-state index is 0.207. The van der Waals surface area contributed by atoms with E-state index < -0.39 is 0 Å². The van der Waals surface area contributed by atoms with Crippen LogP contribution in [0.3, 0.4) is 0 Å². The predicted molar refractivity (Wildman–Crippen MR) is 80.1 cm³/mol. The van der Waals surface area contributed by atoms with E-state index in [9.17, 15) is 0 Å². The molecule has 3 rings (SSSR count). The first kappa shape index (κ1) is 12.6.